The van der Waals surface area contributed by atoms with Crippen LogP contribution in [0.1, 0.15) is 41.8 Å². The monoisotopic (exact) mass is 188 g/mol. The molecule has 0 aliphatic heterocycles. The van der Waals surface area contributed by atoms with Crippen LogP contribution >= 0.6 is 0 Å². The second kappa shape index (κ2) is 2.94. The minimum absolute atomic E-state index is 0.166. The number of Topliss-reactive ketones (excluding diaryl/α,β-unsaturated/α-hetero) is 1. The van der Waals surface area contributed by atoms with Gasteiger partial charge in [-0.15, -0.1) is 0 Å². The molecule has 0 unspecified atom stereocenters. The predicted octanol–water partition coefficient (Wildman–Crippen LogP) is 3.15. The topological polar surface area (TPSA) is 17.1 Å². The lowest BCUT2D eigenvalue weighted by Crippen LogP contribution is -2.30. The first-order chi connectivity index (χ1) is 6.50. The molecule has 1 heteroatoms. The number of ketones is 1. The summed E-state index contributed by atoms with van der Waals surface area (Å²) >= 11 is 0. The van der Waals surface area contributed by atoms with Crippen molar-refractivity contribution in [3.05, 3.63) is 34.9 Å². The lowest BCUT2D eigenvalue weighted by Gasteiger charge is -2.29. The first-order valence-electron chi connectivity index (χ1n) is 5.15. The highest BCUT2D eigenvalue weighted by atomic mass is 16.1. The highest BCUT2D eigenvalue weighted by molar-refractivity contribution is 6.02. The number of fused-ring (bicyclic) bond motifs is 1. The third-order valence-electron chi connectivity index (χ3n) is 3.14. The third-order valence-corrected chi connectivity index (χ3v) is 3.14. The van der Waals surface area contributed by atoms with E-state index in [1.807, 2.05) is 26.8 Å². The van der Waals surface area contributed by atoms with Gasteiger partial charge in [0, 0.05) is 11.0 Å². The number of carbonyl (C=O) groups is 1. The highest BCUT2D eigenvalue weighted by Gasteiger charge is 2.33. The van der Waals surface area contributed by atoms with Gasteiger partial charge >= 0.3 is 0 Å². The van der Waals surface area contributed by atoms with Crippen LogP contribution in [-0.2, 0) is 6.42 Å². The highest BCUT2D eigenvalue weighted by Crippen LogP contribution is 2.34. The molecular weight excluding hydrogens is 172 g/mol. The van der Waals surface area contributed by atoms with Crippen LogP contribution in [0.15, 0.2) is 18.2 Å². The fourth-order valence-corrected chi connectivity index (χ4v) is 2.04. The van der Waals surface area contributed by atoms with Crippen molar-refractivity contribution in [2.75, 3.05) is 0 Å². The van der Waals surface area contributed by atoms with E-state index in [4.69, 9.17) is 0 Å². The van der Waals surface area contributed by atoms with Crippen LogP contribution < -0.4 is 0 Å². The van der Waals surface area contributed by atoms with Crippen molar-refractivity contribution < 1.29 is 4.79 Å². The van der Waals surface area contributed by atoms with Crippen LogP contribution in [0, 0.1) is 12.3 Å². The number of aryl methyl sites for hydroxylation is 2. The van der Waals surface area contributed by atoms with Gasteiger partial charge in [0.15, 0.2) is 5.78 Å². The summed E-state index contributed by atoms with van der Waals surface area (Å²) in [7, 11) is 0. The zero-order valence-corrected chi connectivity index (χ0v) is 9.05. The first-order valence-corrected chi connectivity index (χ1v) is 5.15. The van der Waals surface area contributed by atoms with E-state index in [1.165, 1.54) is 11.1 Å². The molecule has 0 amide bonds. The van der Waals surface area contributed by atoms with Gasteiger partial charge in [-0.3, -0.25) is 4.79 Å². The summed E-state index contributed by atoms with van der Waals surface area (Å²) in [6, 6.07) is 6.21. The van der Waals surface area contributed by atoms with Crippen LogP contribution in [0.25, 0.3) is 0 Å². The van der Waals surface area contributed by atoms with E-state index in [1.54, 1.807) is 0 Å². The summed E-state index contributed by atoms with van der Waals surface area (Å²) in [6.45, 7) is 6.12. The molecule has 1 aliphatic rings. The van der Waals surface area contributed by atoms with Gasteiger partial charge < -0.3 is 0 Å². The maximum Gasteiger partial charge on any atom is 0.168 e. The molecule has 0 fully saturated rings. The lowest BCUT2D eigenvalue weighted by atomic mass is 9.73. The van der Waals surface area contributed by atoms with E-state index in [-0.39, 0.29) is 5.41 Å². The smallest absolute Gasteiger partial charge is 0.168 e. The van der Waals surface area contributed by atoms with E-state index >= 15 is 0 Å². The molecule has 2 rings (SSSR count). The number of hydrogen-bond donors (Lipinski definition) is 0. The molecule has 74 valence electrons. The van der Waals surface area contributed by atoms with Crippen LogP contribution in [0.3, 0.4) is 0 Å². The van der Waals surface area contributed by atoms with Crippen LogP contribution in [0.5, 0.6) is 0 Å². The van der Waals surface area contributed by atoms with Crippen molar-refractivity contribution in [3.8, 4) is 0 Å². The van der Waals surface area contributed by atoms with E-state index in [2.05, 4.69) is 12.1 Å². The Morgan fingerprint density at radius 1 is 1.29 bits per heavy atom. The van der Waals surface area contributed by atoms with Gasteiger partial charge in [-0.1, -0.05) is 31.5 Å². The number of rotatable bonds is 0. The van der Waals surface area contributed by atoms with Crippen molar-refractivity contribution in [3.63, 3.8) is 0 Å². The fraction of sp³-hybridized carbons (Fsp3) is 0.462. The molecule has 1 aromatic rings. The van der Waals surface area contributed by atoms with Gasteiger partial charge in [0.1, 0.15) is 0 Å². The molecule has 0 spiro atoms. The van der Waals surface area contributed by atoms with Gasteiger partial charge in [0.25, 0.3) is 0 Å². The average Bonchev–Trinajstić information content (AvgIpc) is 2.13. The number of carbonyl (C=O) groups excluding carboxylic acids is 1. The number of hydrogen-bond acceptors (Lipinski definition) is 1. The molecule has 0 N–H and O–H groups in total. The molecule has 0 aromatic heterocycles. The zero-order valence-electron chi connectivity index (χ0n) is 9.05. The molecule has 0 heterocycles. The molecule has 0 saturated heterocycles. The van der Waals surface area contributed by atoms with Gasteiger partial charge in [-0.25, -0.2) is 0 Å². The minimum atomic E-state index is -0.166. The summed E-state index contributed by atoms with van der Waals surface area (Å²) in [5, 5.41) is 0. The van der Waals surface area contributed by atoms with E-state index < -0.39 is 0 Å². The molecule has 0 atom stereocenters. The maximum absolute atomic E-state index is 12.1. The van der Waals surface area contributed by atoms with Gasteiger partial charge in [-0.2, -0.15) is 0 Å². The van der Waals surface area contributed by atoms with E-state index in [9.17, 15) is 4.79 Å². The Labute approximate surface area is 85.1 Å². The molecule has 0 bridgehead atoms. The Balaban J connectivity index is 2.54. The molecule has 0 radical (unpaired) electrons. The lowest BCUT2D eigenvalue weighted by molar-refractivity contribution is 0.0811. The summed E-state index contributed by atoms with van der Waals surface area (Å²) in [5.41, 5.74) is 3.18. The predicted molar refractivity (Wildman–Crippen MR) is 57.6 cm³/mol. The van der Waals surface area contributed by atoms with Crippen LogP contribution in [-0.4, -0.2) is 5.78 Å². The Kier molecular flexibility index (Phi) is 1.99. The summed E-state index contributed by atoms with van der Waals surface area (Å²) in [6.07, 6.45) is 2.01. The van der Waals surface area contributed by atoms with Gasteiger partial charge in [0.05, 0.1) is 0 Å². The molecule has 14 heavy (non-hydrogen) atoms. The number of benzene rings is 1. The first kappa shape index (κ1) is 9.45. The van der Waals surface area contributed by atoms with Gasteiger partial charge in [0.2, 0.25) is 0 Å². The summed E-state index contributed by atoms with van der Waals surface area (Å²) < 4.78 is 0. The van der Waals surface area contributed by atoms with E-state index in [0.29, 0.717) is 5.78 Å². The van der Waals surface area contributed by atoms with Crippen LogP contribution in [0.4, 0.5) is 0 Å². The summed E-state index contributed by atoms with van der Waals surface area (Å²) in [4.78, 5) is 12.1. The molecular formula is C13H16O. The van der Waals surface area contributed by atoms with E-state index in [0.717, 1.165) is 18.4 Å². The van der Waals surface area contributed by atoms with Crippen molar-refractivity contribution in [2.24, 2.45) is 5.41 Å². The second-order valence-electron chi connectivity index (χ2n) is 4.87. The summed E-state index contributed by atoms with van der Waals surface area (Å²) in [5.74, 6) is 0.308. The standard InChI is InChI=1S/C13H16O/c1-9-4-5-10-6-7-13(2,3)12(14)11(10)8-9/h4-5,8H,6-7H2,1-3H3. The van der Waals surface area contributed by atoms with Crippen molar-refractivity contribution >= 4 is 5.78 Å². The second-order valence-corrected chi connectivity index (χ2v) is 4.87. The Hall–Kier alpha value is -1.11. The third kappa shape index (κ3) is 1.37. The molecule has 1 nitrogen and oxygen atoms in total. The Bertz CT molecular complexity index is 388. The molecule has 0 saturated carbocycles. The SMILES string of the molecule is Cc1ccc2c(c1)C(=O)C(C)(C)CC2. The maximum atomic E-state index is 12.1. The fourth-order valence-electron chi connectivity index (χ4n) is 2.04. The van der Waals surface area contributed by atoms with Gasteiger partial charge in [-0.05, 0) is 31.4 Å². The van der Waals surface area contributed by atoms with Crippen LogP contribution in [0.2, 0.25) is 0 Å². The minimum Gasteiger partial charge on any atom is -0.294 e. The van der Waals surface area contributed by atoms with Crippen molar-refractivity contribution in [2.45, 2.75) is 33.6 Å². The Morgan fingerprint density at radius 3 is 2.71 bits per heavy atom. The Morgan fingerprint density at radius 2 is 2.00 bits per heavy atom. The molecule has 1 aromatic carbocycles. The largest absolute Gasteiger partial charge is 0.294 e. The van der Waals surface area contributed by atoms with Crippen molar-refractivity contribution in [1.82, 2.24) is 0 Å². The quantitative estimate of drug-likeness (QED) is 0.611. The average molecular weight is 188 g/mol. The normalized spacial score (nSPS) is 19.2. The molecule has 1 aliphatic carbocycles. The zero-order chi connectivity index (χ0) is 10.3. The van der Waals surface area contributed by atoms with Crippen molar-refractivity contribution in [1.29, 1.82) is 0 Å².